The van der Waals surface area contributed by atoms with Gasteiger partial charge in [-0.05, 0) is 48.6 Å². The van der Waals surface area contributed by atoms with Crippen LogP contribution >= 0.6 is 0 Å². The molecule has 2 aromatic carbocycles. The number of benzene rings is 2. The van der Waals surface area contributed by atoms with Crippen molar-refractivity contribution in [3.8, 4) is 0 Å². The van der Waals surface area contributed by atoms with Gasteiger partial charge in [-0.25, -0.2) is 0 Å². The van der Waals surface area contributed by atoms with Crippen molar-refractivity contribution in [3.63, 3.8) is 0 Å². The van der Waals surface area contributed by atoms with Gasteiger partial charge >= 0.3 is 0 Å². The summed E-state index contributed by atoms with van der Waals surface area (Å²) in [6, 6.07) is 14.7. The molecule has 2 aliphatic rings. The van der Waals surface area contributed by atoms with Crippen LogP contribution in [-0.2, 0) is 20.7 Å². The van der Waals surface area contributed by atoms with Gasteiger partial charge in [0.2, 0.25) is 11.8 Å². The van der Waals surface area contributed by atoms with Crippen LogP contribution in [0.2, 0.25) is 0 Å². The van der Waals surface area contributed by atoms with Gasteiger partial charge in [0.1, 0.15) is 0 Å². The third-order valence-corrected chi connectivity index (χ3v) is 6.55. The summed E-state index contributed by atoms with van der Waals surface area (Å²) in [7, 11) is 0. The molecule has 0 spiro atoms. The number of nitrogens with one attached hydrogen (secondary N) is 2. The third kappa shape index (κ3) is 5.83. The maximum absolute atomic E-state index is 12.5. The Morgan fingerprint density at radius 1 is 1.13 bits per heavy atom. The molecular weight excluding hydrogens is 390 g/mol. The van der Waals surface area contributed by atoms with Crippen LogP contribution in [0.1, 0.15) is 37.7 Å². The van der Waals surface area contributed by atoms with Crippen LogP contribution in [0.4, 0.5) is 0 Å². The highest BCUT2D eigenvalue weighted by atomic mass is 16.5. The van der Waals surface area contributed by atoms with Crippen molar-refractivity contribution in [2.24, 2.45) is 0 Å². The number of fused-ring (bicyclic) bond motifs is 1. The smallest absolute Gasteiger partial charge is 0.220 e. The fraction of sp³-hybridized carbons (Fsp3) is 0.520. The van der Waals surface area contributed by atoms with Gasteiger partial charge < -0.3 is 15.4 Å². The van der Waals surface area contributed by atoms with E-state index < -0.39 is 0 Å². The molecule has 0 bridgehead atoms. The molecule has 0 unspecified atom stereocenters. The van der Waals surface area contributed by atoms with Crippen molar-refractivity contribution in [1.82, 2.24) is 15.5 Å². The summed E-state index contributed by atoms with van der Waals surface area (Å²) in [6.45, 7) is 5.24. The first-order valence-corrected chi connectivity index (χ1v) is 11.5. The first-order chi connectivity index (χ1) is 15.1. The summed E-state index contributed by atoms with van der Waals surface area (Å²) in [4.78, 5) is 27.0. The van der Waals surface area contributed by atoms with Crippen molar-refractivity contribution in [3.05, 3.63) is 48.0 Å². The molecule has 2 aliphatic heterocycles. The van der Waals surface area contributed by atoms with Crippen LogP contribution in [0, 0.1) is 0 Å². The van der Waals surface area contributed by atoms with Gasteiger partial charge in [0.25, 0.3) is 0 Å². The van der Waals surface area contributed by atoms with E-state index in [0.717, 1.165) is 52.1 Å². The van der Waals surface area contributed by atoms with E-state index in [0.29, 0.717) is 25.8 Å². The quantitative estimate of drug-likeness (QED) is 0.609. The van der Waals surface area contributed by atoms with Gasteiger partial charge in [-0.3, -0.25) is 14.5 Å². The van der Waals surface area contributed by atoms with E-state index >= 15 is 0 Å². The van der Waals surface area contributed by atoms with Gasteiger partial charge in [-0.1, -0.05) is 42.5 Å². The maximum atomic E-state index is 12.5. The highest BCUT2D eigenvalue weighted by Gasteiger charge is 2.38. The van der Waals surface area contributed by atoms with Crippen LogP contribution in [-0.4, -0.2) is 61.6 Å². The zero-order valence-electron chi connectivity index (χ0n) is 18.2. The normalized spacial score (nSPS) is 21.9. The Morgan fingerprint density at radius 3 is 2.74 bits per heavy atom. The first kappa shape index (κ1) is 21.8. The molecule has 0 aliphatic carbocycles. The Balaban J connectivity index is 1.30. The number of amides is 2. The summed E-state index contributed by atoms with van der Waals surface area (Å²) in [6.07, 6.45) is 4.11. The zero-order chi connectivity index (χ0) is 21.5. The number of hydrogen-bond acceptors (Lipinski definition) is 4. The lowest BCUT2D eigenvalue weighted by molar-refractivity contribution is -0.122. The average molecular weight is 424 g/mol. The van der Waals surface area contributed by atoms with Crippen molar-refractivity contribution < 1.29 is 14.3 Å². The van der Waals surface area contributed by atoms with Crippen LogP contribution in [0.15, 0.2) is 42.5 Å². The van der Waals surface area contributed by atoms with Crippen molar-refractivity contribution in [2.45, 2.75) is 44.1 Å². The second-order valence-corrected chi connectivity index (χ2v) is 8.80. The molecule has 2 heterocycles. The molecule has 1 atom stereocenters. The molecule has 166 valence electrons. The van der Waals surface area contributed by atoms with E-state index in [1.165, 1.54) is 16.3 Å². The molecule has 31 heavy (non-hydrogen) atoms. The Labute approximate surface area is 184 Å². The molecule has 0 aromatic heterocycles. The minimum Gasteiger partial charge on any atom is -0.379 e. The number of rotatable bonds is 9. The molecule has 6 heteroatoms. The number of nitrogens with zero attached hydrogens (tertiary/aromatic N) is 1. The van der Waals surface area contributed by atoms with Gasteiger partial charge in [0.05, 0.1) is 13.2 Å². The minimum absolute atomic E-state index is 0.0698. The third-order valence-electron chi connectivity index (χ3n) is 6.55. The molecule has 2 fully saturated rings. The van der Waals surface area contributed by atoms with Crippen molar-refractivity contribution in [2.75, 3.05) is 39.4 Å². The monoisotopic (exact) mass is 423 g/mol. The number of morpholine rings is 1. The lowest BCUT2D eigenvalue weighted by Gasteiger charge is -2.30. The van der Waals surface area contributed by atoms with E-state index in [1.54, 1.807) is 0 Å². The Hall–Kier alpha value is -2.44. The van der Waals surface area contributed by atoms with Gasteiger partial charge in [-0.15, -0.1) is 0 Å². The first-order valence-electron chi connectivity index (χ1n) is 11.5. The van der Waals surface area contributed by atoms with Crippen LogP contribution in [0.25, 0.3) is 10.8 Å². The fourth-order valence-electron chi connectivity index (χ4n) is 4.79. The summed E-state index contributed by atoms with van der Waals surface area (Å²) >= 11 is 0. The van der Waals surface area contributed by atoms with E-state index in [9.17, 15) is 9.59 Å². The standard InChI is InChI=1S/C25H33N3O3/c29-23(26-13-4-14-28-15-17-31-18-16-28)9-11-25(12-10-24(30)27-25)19-21-7-3-6-20-5-1-2-8-22(20)21/h1-3,5-8H,4,9-19H2,(H,26,29)(H,27,30)/t25-/m0/s1. The van der Waals surface area contributed by atoms with Crippen LogP contribution in [0.5, 0.6) is 0 Å². The van der Waals surface area contributed by atoms with Crippen molar-refractivity contribution >= 4 is 22.6 Å². The van der Waals surface area contributed by atoms with E-state index in [4.69, 9.17) is 4.74 Å². The molecule has 2 amide bonds. The summed E-state index contributed by atoms with van der Waals surface area (Å²) in [5, 5.41) is 8.69. The molecule has 2 N–H and O–H groups in total. The summed E-state index contributed by atoms with van der Waals surface area (Å²) in [5.41, 5.74) is 0.887. The van der Waals surface area contributed by atoms with Crippen molar-refractivity contribution in [1.29, 1.82) is 0 Å². The van der Waals surface area contributed by atoms with Crippen LogP contribution in [0.3, 0.4) is 0 Å². The fourth-order valence-corrected chi connectivity index (χ4v) is 4.79. The Kier molecular flexibility index (Phi) is 7.20. The second kappa shape index (κ2) is 10.2. The zero-order valence-corrected chi connectivity index (χ0v) is 18.2. The number of carbonyl (C=O) groups is 2. The Bertz CT molecular complexity index is 905. The number of hydrogen-bond donors (Lipinski definition) is 2. The van der Waals surface area contributed by atoms with Gasteiger partial charge in [0, 0.05) is 38.0 Å². The van der Waals surface area contributed by atoms with Crippen LogP contribution < -0.4 is 10.6 Å². The predicted octanol–water partition coefficient (Wildman–Crippen LogP) is 2.65. The minimum atomic E-state index is -0.341. The SMILES string of the molecule is O=C(CC[C@@]1(Cc2cccc3ccccc23)CCC(=O)N1)NCCCN1CCOCC1. The highest BCUT2D eigenvalue weighted by molar-refractivity contribution is 5.86. The van der Waals surface area contributed by atoms with E-state index in [-0.39, 0.29) is 17.4 Å². The molecule has 6 nitrogen and oxygen atoms in total. The maximum Gasteiger partial charge on any atom is 0.220 e. The molecule has 4 rings (SSSR count). The summed E-state index contributed by atoms with van der Waals surface area (Å²) in [5.74, 6) is 0.159. The molecule has 2 aromatic rings. The topological polar surface area (TPSA) is 70.7 Å². The van der Waals surface area contributed by atoms with E-state index in [2.05, 4.69) is 51.9 Å². The number of ether oxygens (including phenoxy) is 1. The molecule has 2 saturated heterocycles. The molecule has 0 saturated carbocycles. The van der Waals surface area contributed by atoms with E-state index in [1.807, 2.05) is 6.07 Å². The largest absolute Gasteiger partial charge is 0.379 e. The average Bonchev–Trinajstić information content (AvgIpc) is 3.17. The predicted molar refractivity (Wildman–Crippen MR) is 122 cm³/mol. The van der Waals surface area contributed by atoms with Gasteiger partial charge in [-0.2, -0.15) is 0 Å². The lowest BCUT2D eigenvalue weighted by atomic mass is 9.83. The number of carbonyl (C=O) groups excluding carboxylic acids is 2. The highest BCUT2D eigenvalue weighted by Crippen LogP contribution is 2.32. The second-order valence-electron chi connectivity index (χ2n) is 8.80. The molecule has 0 radical (unpaired) electrons. The Morgan fingerprint density at radius 2 is 1.94 bits per heavy atom. The molecular formula is C25H33N3O3. The lowest BCUT2D eigenvalue weighted by Crippen LogP contribution is -2.44. The van der Waals surface area contributed by atoms with Gasteiger partial charge in [0.15, 0.2) is 0 Å². The summed E-state index contributed by atoms with van der Waals surface area (Å²) < 4.78 is 5.37.